The molecule has 1 rings (SSSR count). The number of nitrogens with zero attached hydrogens (tertiary/aromatic N) is 2. The van der Waals surface area contributed by atoms with E-state index in [0.717, 1.165) is 11.3 Å². The smallest absolute Gasteiger partial charge is 0.263 e. The zero-order valence-corrected chi connectivity index (χ0v) is 12.6. The van der Waals surface area contributed by atoms with E-state index in [9.17, 15) is 4.79 Å². The lowest BCUT2D eigenvalue weighted by Gasteiger charge is -2.14. The molecule has 0 saturated carbocycles. The van der Waals surface area contributed by atoms with Crippen LogP contribution in [0.5, 0.6) is 5.75 Å². The van der Waals surface area contributed by atoms with E-state index >= 15 is 0 Å². The first-order valence-corrected chi connectivity index (χ1v) is 6.77. The fourth-order valence-electron chi connectivity index (χ4n) is 1.70. The van der Waals surface area contributed by atoms with Crippen LogP contribution in [0.15, 0.2) is 36.0 Å². The predicted octanol–water partition coefficient (Wildman–Crippen LogP) is 1.78. The maximum Gasteiger partial charge on any atom is 0.263 e. The lowest BCUT2D eigenvalue weighted by atomic mass is 10.1. The molecule has 1 atom stereocenters. The number of benzene rings is 1. The lowest BCUT2D eigenvalue weighted by molar-refractivity contribution is -0.117. The van der Waals surface area contributed by atoms with Crippen molar-refractivity contribution in [3.8, 4) is 17.9 Å². The van der Waals surface area contributed by atoms with Crippen molar-refractivity contribution in [2.75, 3.05) is 13.7 Å². The van der Waals surface area contributed by atoms with Crippen LogP contribution in [0.4, 0.5) is 0 Å². The minimum absolute atomic E-state index is 0.0294. The molecule has 6 heteroatoms. The molecule has 0 aromatic heterocycles. The largest absolute Gasteiger partial charge is 0.497 e. The molecule has 2 N–H and O–H groups in total. The Kier molecular flexibility index (Phi) is 7.01. The zero-order valence-electron chi connectivity index (χ0n) is 12.6. The summed E-state index contributed by atoms with van der Waals surface area (Å²) >= 11 is 0. The van der Waals surface area contributed by atoms with E-state index in [-0.39, 0.29) is 11.6 Å². The first-order chi connectivity index (χ1) is 10.6. The second-order valence-electron chi connectivity index (χ2n) is 4.50. The van der Waals surface area contributed by atoms with Gasteiger partial charge in [-0.05, 0) is 24.6 Å². The van der Waals surface area contributed by atoms with Crippen LogP contribution in [0.25, 0.3) is 0 Å². The first kappa shape index (κ1) is 17.1. The normalized spacial score (nSPS) is 11.7. The van der Waals surface area contributed by atoms with Crippen LogP contribution in [0.3, 0.4) is 0 Å². The molecule has 114 valence electrons. The van der Waals surface area contributed by atoms with Crippen LogP contribution in [-0.4, -0.2) is 19.6 Å². The Bertz CT molecular complexity index is 609. The highest BCUT2D eigenvalue weighted by Gasteiger charge is 2.13. The fraction of sp³-hybridized carbons (Fsp3) is 0.312. The molecule has 0 bridgehead atoms. The maximum absolute atomic E-state index is 12.0. The fourth-order valence-corrected chi connectivity index (χ4v) is 1.70. The zero-order chi connectivity index (χ0) is 16.4. The topological polar surface area (TPSA) is 97.9 Å². The molecule has 0 spiro atoms. The van der Waals surface area contributed by atoms with Crippen LogP contribution in [-0.2, 0) is 4.79 Å². The molecule has 1 aromatic carbocycles. The van der Waals surface area contributed by atoms with Crippen molar-refractivity contribution < 1.29 is 9.53 Å². The van der Waals surface area contributed by atoms with Gasteiger partial charge in [-0.1, -0.05) is 12.1 Å². The standard InChI is InChI=1S/C16H18N4O2/c1-12(13-4-6-15(22-2)7-5-13)20-16(21)14(10-18)11-19-9-3-8-17/h4-7,11-12,19H,3,9H2,1-2H3,(H,20,21)/b14-11-. The van der Waals surface area contributed by atoms with E-state index in [1.165, 1.54) is 6.20 Å². The van der Waals surface area contributed by atoms with Gasteiger partial charge in [0.1, 0.15) is 17.4 Å². The highest BCUT2D eigenvalue weighted by atomic mass is 16.5. The van der Waals surface area contributed by atoms with Gasteiger partial charge in [0.2, 0.25) is 0 Å². The number of methoxy groups -OCH3 is 1. The maximum atomic E-state index is 12.0. The minimum atomic E-state index is -0.463. The summed E-state index contributed by atoms with van der Waals surface area (Å²) in [6.07, 6.45) is 1.63. The van der Waals surface area contributed by atoms with Crippen LogP contribution in [0.2, 0.25) is 0 Å². The Labute approximate surface area is 130 Å². The van der Waals surface area contributed by atoms with Crippen molar-refractivity contribution in [1.82, 2.24) is 10.6 Å². The quantitative estimate of drug-likeness (QED) is 0.454. The summed E-state index contributed by atoms with van der Waals surface area (Å²) in [5.74, 6) is 0.275. The van der Waals surface area contributed by atoms with E-state index in [0.29, 0.717) is 13.0 Å². The van der Waals surface area contributed by atoms with Gasteiger partial charge in [0.15, 0.2) is 0 Å². The molecule has 0 fully saturated rings. The molecule has 22 heavy (non-hydrogen) atoms. The number of ether oxygens (including phenoxy) is 1. The summed E-state index contributed by atoms with van der Waals surface area (Å²) in [6, 6.07) is 10.9. The first-order valence-electron chi connectivity index (χ1n) is 6.77. The Morgan fingerprint density at radius 3 is 2.59 bits per heavy atom. The molecule has 0 aliphatic heterocycles. The minimum Gasteiger partial charge on any atom is -0.497 e. The van der Waals surface area contributed by atoms with Gasteiger partial charge >= 0.3 is 0 Å². The second-order valence-corrected chi connectivity index (χ2v) is 4.50. The van der Waals surface area contributed by atoms with Gasteiger partial charge in [-0.2, -0.15) is 10.5 Å². The van der Waals surface area contributed by atoms with Crippen molar-refractivity contribution in [1.29, 1.82) is 10.5 Å². The number of nitrogens with one attached hydrogen (secondary N) is 2. The molecular formula is C16H18N4O2. The molecule has 0 aliphatic rings. The average molecular weight is 298 g/mol. The Morgan fingerprint density at radius 1 is 1.36 bits per heavy atom. The summed E-state index contributed by atoms with van der Waals surface area (Å²) in [4.78, 5) is 12.0. The van der Waals surface area contributed by atoms with Crippen LogP contribution >= 0.6 is 0 Å². The number of nitriles is 2. The molecule has 6 nitrogen and oxygen atoms in total. The lowest BCUT2D eigenvalue weighted by Crippen LogP contribution is -2.28. The van der Waals surface area contributed by atoms with E-state index in [1.807, 2.05) is 43.3 Å². The third kappa shape index (κ3) is 5.18. The molecular weight excluding hydrogens is 280 g/mol. The number of amides is 1. The number of carbonyl (C=O) groups is 1. The van der Waals surface area contributed by atoms with E-state index in [1.54, 1.807) is 7.11 Å². The number of rotatable bonds is 7. The summed E-state index contributed by atoms with van der Waals surface area (Å²) in [6.45, 7) is 2.22. The SMILES string of the molecule is COc1ccc(C(C)NC(=O)/C(C#N)=C\NCCC#N)cc1. The summed E-state index contributed by atoms with van der Waals surface area (Å²) in [7, 11) is 1.59. The highest BCUT2D eigenvalue weighted by molar-refractivity contribution is 5.97. The van der Waals surface area contributed by atoms with Crippen LogP contribution < -0.4 is 15.4 Å². The van der Waals surface area contributed by atoms with Crippen molar-refractivity contribution in [2.24, 2.45) is 0 Å². The van der Waals surface area contributed by atoms with Gasteiger partial charge in [0.25, 0.3) is 5.91 Å². The van der Waals surface area contributed by atoms with E-state index in [2.05, 4.69) is 10.6 Å². The molecule has 0 heterocycles. The molecule has 0 aliphatic carbocycles. The van der Waals surface area contributed by atoms with Gasteiger partial charge in [-0.15, -0.1) is 0 Å². The predicted molar refractivity (Wildman–Crippen MR) is 81.5 cm³/mol. The number of carbonyl (C=O) groups excluding carboxylic acids is 1. The van der Waals surface area contributed by atoms with Crippen LogP contribution in [0, 0.1) is 22.7 Å². The molecule has 1 aromatic rings. The summed E-state index contributed by atoms with van der Waals surface area (Å²) in [5, 5.41) is 22.9. The van der Waals surface area contributed by atoms with E-state index in [4.69, 9.17) is 15.3 Å². The third-order valence-corrected chi connectivity index (χ3v) is 2.96. The van der Waals surface area contributed by atoms with Crippen molar-refractivity contribution in [3.63, 3.8) is 0 Å². The number of hydrogen-bond acceptors (Lipinski definition) is 5. The van der Waals surface area contributed by atoms with Gasteiger partial charge in [0, 0.05) is 12.7 Å². The highest BCUT2D eigenvalue weighted by Crippen LogP contribution is 2.17. The van der Waals surface area contributed by atoms with Gasteiger partial charge in [0.05, 0.1) is 25.6 Å². The third-order valence-electron chi connectivity index (χ3n) is 2.96. The Morgan fingerprint density at radius 2 is 2.05 bits per heavy atom. The van der Waals surface area contributed by atoms with Gasteiger partial charge < -0.3 is 15.4 Å². The van der Waals surface area contributed by atoms with Crippen molar-refractivity contribution in [2.45, 2.75) is 19.4 Å². The van der Waals surface area contributed by atoms with Crippen molar-refractivity contribution in [3.05, 3.63) is 41.6 Å². The Balaban J connectivity index is 2.64. The summed E-state index contributed by atoms with van der Waals surface area (Å²) < 4.78 is 5.08. The van der Waals surface area contributed by atoms with E-state index < -0.39 is 5.91 Å². The average Bonchev–Trinajstić information content (AvgIpc) is 2.54. The summed E-state index contributed by atoms with van der Waals surface area (Å²) in [5.41, 5.74) is 0.877. The van der Waals surface area contributed by atoms with Crippen LogP contribution in [0.1, 0.15) is 24.9 Å². The van der Waals surface area contributed by atoms with Gasteiger partial charge in [-0.25, -0.2) is 0 Å². The Hall–Kier alpha value is -2.99. The molecule has 0 radical (unpaired) electrons. The van der Waals surface area contributed by atoms with Crippen molar-refractivity contribution >= 4 is 5.91 Å². The van der Waals surface area contributed by atoms with Gasteiger partial charge in [-0.3, -0.25) is 4.79 Å². The molecule has 0 saturated heterocycles. The molecule has 1 amide bonds. The molecule has 1 unspecified atom stereocenters. The monoisotopic (exact) mass is 298 g/mol. The second kappa shape index (κ2) is 9.04. The number of hydrogen-bond donors (Lipinski definition) is 2.